The van der Waals surface area contributed by atoms with Gasteiger partial charge in [0, 0.05) is 6.54 Å². The molecule has 0 bridgehead atoms. The van der Waals surface area contributed by atoms with Gasteiger partial charge in [0.15, 0.2) is 4.90 Å². The van der Waals surface area contributed by atoms with Crippen LogP contribution in [0.2, 0.25) is 0 Å². The van der Waals surface area contributed by atoms with Crippen molar-refractivity contribution in [1.29, 1.82) is 0 Å². The third kappa shape index (κ3) is 3.83. The normalized spacial score (nSPS) is 11.6. The maximum atomic E-state index is 13.4. The Morgan fingerprint density at radius 2 is 1.57 bits per heavy atom. The minimum Gasteiger partial charge on any atom is -0.211 e. The lowest BCUT2D eigenvalue weighted by molar-refractivity contribution is 0.514. The number of hydrogen-bond donors (Lipinski definition) is 1. The van der Waals surface area contributed by atoms with Crippen molar-refractivity contribution in [1.82, 2.24) is 4.72 Å². The van der Waals surface area contributed by atoms with Crippen molar-refractivity contribution >= 4 is 10.0 Å². The quantitative estimate of drug-likeness (QED) is 0.922. The molecule has 2 aromatic rings. The van der Waals surface area contributed by atoms with Gasteiger partial charge in [0.2, 0.25) is 10.0 Å². The van der Waals surface area contributed by atoms with Gasteiger partial charge in [-0.05, 0) is 36.2 Å². The molecule has 2 rings (SSSR count). The highest BCUT2D eigenvalue weighted by Gasteiger charge is 2.23. The summed E-state index contributed by atoms with van der Waals surface area (Å²) < 4.78 is 65.7. The maximum absolute atomic E-state index is 13.4. The van der Waals surface area contributed by atoms with Crippen LogP contribution in [0.15, 0.2) is 47.4 Å². The lowest BCUT2D eigenvalue weighted by Crippen LogP contribution is -2.27. The topological polar surface area (TPSA) is 46.2 Å². The number of hydrogen-bond acceptors (Lipinski definition) is 2. The molecule has 0 saturated carbocycles. The van der Waals surface area contributed by atoms with Crippen LogP contribution < -0.4 is 4.72 Å². The molecule has 0 radical (unpaired) electrons. The van der Waals surface area contributed by atoms with Crippen molar-refractivity contribution in [3.63, 3.8) is 0 Å². The van der Waals surface area contributed by atoms with Gasteiger partial charge < -0.3 is 0 Å². The van der Waals surface area contributed by atoms with Crippen LogP contribution in [0.25, 0.3) is 0 Å². The highest BCUT2D eigenvalue weighted by molar-refractivity contribution is 7.89. The number of nitrogens with one attached hydrogen (secondary N) is 1. The molecule has 112 valence electrons. The van der Waals surface area contributed by atoms with Crippen molar-refractivity contribution in [2.75, 3.05) is 6.54 Å². The lowest BCUT2D eigenvalue weighted by Gasteiger charge is -2.08. The van der Waals surface area contributed by atoms with E-state index in [0.29, 0.717) is 5.56 Å². The molecule has 0 spiro atoms. The van der Waals surface area contributed by atoms with E-state index in [2.05, 4.69) is 4.72 Å². The van der Waals surface area contributed by atoms with E-state index in [4.69, 9.17) is 0 Å². The van der Waals surface area contributed by atoms with E-state index in [1.54, 1.807) is 6.07 Å². The van der Waals surface area contributed by atoms with Gasteiger partial charge >= 0.3 is 0 Å². The van der Waals surface area contributed by atoms with E-state index in [1.165, 1.54) is 18.2 Å². The maximum Gasteiger partial charge on any atom is 0.246 e. The third-order valence-corrected chi connectivity index (χ3v) is 4.29. The Hall–Kier alpha value is -1.86. The van der Waals surface area contributed by atoms with Gasteiger partial charge in [-0.15, -0.1) is 0 Å². The van der Waals surface area contributed by atoms with Crippen molar-refractivity contribution < 1.29 is 21.6 Å². The molecule has 0 aliphatic rings. The van der Waals surface area contributed by atoms with Gasteiger partial charge in [-0.2, -0.15) is 0 Å². The Balaban J connectivity index is 2.09. The first-order valence-electron chi connectivity index (χ1n) is 6.08. The van der Waals surface area contributed by atoms with E-state index in [1.807, 2.05) is 0 Å². The summed E-state index contributed by atoms with van der Waals surface area (Å²) in [5.74, 6) is -2.75. The summed E-state index contributed by atoms with van der Waals surface area (Å²) in [5.41, 5.74) is 0.576. The number of halogens is 3. The Morgan fingerprint density at radius 3 is 2.19 bits per heavy atom. The average Bonchev–Trinajstić information content (AvgIpc) is 2.38. The molecule has 21 heavy (non-hydrogen) atoms. The van der Waals surface area contributed by atoms with Crippen LogP contribution in [0, 0.1) is 17.5 Å². The number of sulfonamides is 1. The molecule has 0 aliphatic carbocycles. The van der Waals surface area contributed by atoms with E-state index in [0.717, 1.165) is 18.2 Å². The minimum atomic E-state index is -4.30. The highest BCUT2D eigenvalue weighted by Crippen LogP contribution is 2.17. The lowest BCUT2D eigenvalue weighted by atomic mass is 10.1. The highest BCUT2D eigenvalue weighted by atomic mass is 32.2. The molecule has 0 amide bonds. The van der Waals surface area contributed by atoms with Crippen LogP contribution >= 0.6 is 0 Å². The molecular formula is C14H12F3NO2S. The van der Waals surface area contributed by atoms with Gasteiger partial charge in [-0.1, -0.05) is 18.2 Å². The summed E-state index contributed by atoms with van der Waals surface area (Å²) in [7, 11) is -4.30. The van der Waals surface area contributed by atoms with Crippen molar-refractivity contribution in [3.05, 3.63) is 65.5 Å². The SMILES string of the molecule is O=S(=O)(NCCc1cccc(F)c1)c1c(F)cccc1F. The second kappa shape index (κ2) is 6.28. The van der Waals surface area contributed by atoms with Crippen LogP contribution in [-0.4, -0.2) is 15.0 Å². The Labute approximate surface area is 120 Å². The number of rotatable bonds is 5. The fourth-order valence-electron chi connectivity index (χ4n) is 1.83. The van der Waals surface area contributed by atoms with Crippen LogP contribution in [-0.2, 0) is 16.4 Å². The summed E-state index contributed by atoms with van der Waals surface area (Å²) in [4.78, 5) is -1.01. The summed E-state index contributed by atoms with van der Waals surface area (Å²) in [6, 6.07) is 8.46. The van der Waals surface area contributed by atoms with Gasteiger partial charge in [0.1, 0.15) is 17.5 Å². The third-order valence-electron chi connectivity index (χ3n) is 2.78. The summed E-state index contributed by atoms with van der Waals surface area (Å²) in [6.45, 7) is -0.0977. The zero-order chi connectivity index (χ0) is 15.5. The summed E-state index contributed by atoms with van der Waals surface area (Å²) >= 11 is 0. The fraction of sp³-hybridized carbons (Fsp3) is 0.143. The minimum absolute atomic E-state index is 0.0977. The van der Waals surface area contributed by atoms with E-state index >= 15 is 0 Å². The smallest absolute Gasteiger partial charge is 0.211 e. The van der Waals surface area contributed by atoms with Gasteiger partial charge in [0.25, 0.3) is 0 Å². The molecule has 0 fully saturated rings. The molecule has 0 aliphatic heterocycles. The van der Waals surface area contributed by atoms with E-state index in [9.17, 15) is 21.6 Å². The molecule has 3 nitrogen and oxygen atoms in total. The second-order valence-corrected chi connectivity index (χ2v) is 6.03. The predicted octanol–water partition coefficient (Wildman–Crippen LogP) is 2.62. The molecule has 0 unspecified atom stereocenters. The Bertz CT molecular complexity index is 727. The predicted molar refractivity (Wildman–Crippen MR) is 71.7 cm³/mol. The first kappa shape index (κ1) is 15.5. The zero-order valence-electron chi connectivity index (χ0n) is 10.8. The molecule has 0 saturated heterocycles. The van der Waals surface area contributed by atoms with Crippen LogP contribution in [0.1, 0.15) is 5.56 Å². The van der Waals surface area contributed by atoms with Crippen LogP contribution in [0.5, 0.6) is 0 Å². The second-order valence-electron chi connectivity index (χ2n) is 4.33. The van der Waals surface area contributed by atoms with Crippen LogP contribution in [0.3, 0.4) is 0 Å². The summed E-state index contributed by atoms with van der Waals surface area (Å²) in [6.07, 6.45) is 0.201. The molecule has 0 atom stereocenters. The molecular weight excluding hydrogens is 303 g/mol. The first-order valence-corrected chi connectivity index (χ1v) is 7.56. The van der Waals surface area contributed by atoms with Gasteiger partial charge in [-0.25, -0.2) is 26.3 Å². The zero-order valence-corrected chi connectivity index (χ0v) is 11.6. The molecule has 7 heteroatoms. The Kier molecular flexibility index (Phi) is 4.64. The molecule has 2 aromatic carbocycles. The van der Waals surface area contributed by atoms with Gasteiger partial charge in [0.05, 0.1) is 0 Å². The average molecular weight is 315 g/mol. The monoisotopic (exact) mass is 315 g/mol. The van der Waals surface area contributed by atoms with Crippen molar-refractivity contribution in [3.8, 4) is 0 Å². The molecule has 0 heterocycles. The fourth-order valence-corrected chi connectivity index (χ4v) is 3.00. The van der Waals surface area contributed by atoms with Crippen LogP contribution in [0.4, 0.5) is 13.2 Å². The van der Waals surface area contributed by atoms with Gasteiger partial charge in [-0.3, -0.25) is 0 Å². The van der Waals surface area contributed by atoms with E-state index < -0.39 is 32.4 Å². The first-order chi connectivity index (χ1) is 9.90. The standard InChI is InChI=1S/C14H12F3NO2S/c15-11-4-1-3-10(9-11)7-8-18-21(19,20)14-12(16)5-2-6-13(14)17/h1-6,9,18H,7-8H2. The number of benzene rings is 2. The van der Waals surface area contributed by atoms with Crippen molar-refractivity contribution in [2.24, 2.45) is 0 Å². The largest absolute Gasteiger partial charge is 0.246 e. The molecule has 1 N–H and O–H groups in total. The Morgan fingerprint density at radius 1 is 0.952 bits per heavy atom. The van der Waals surface area contributed by atoms with Crippen molar-refractivity contribution in [2.45, 2.75) is 11.3 Å². The summed E-state index contributed by atoms with van der Waals surface area (Å²) in [5, 5.41) is 0. The van der Waals surface area contributed by atoms with E-state index in [-0.39, 0.29) is 13.0 Å². The molecule has 0 aromatic heterocycles.